The highest BCUT2D eigenvalue weighted by atomic mass is 19.4. The minimum atomic E-state index is -4.48. The van der Waals surface area contributed by atoms with Crippen LogP contribution in [-0.4, -0.2) is 87.7 Å². The summed E-state index contributed by atoms with van der Waals surface area (Å²) in [5.74, 6) is 0.350. The summed E-state index contributed by atoms with van der Waals surface area (Å²) in [7, 11) is 0. The second kappa shape index (κ2) is 10.3. The van der Waals surface area contributed by atoms with Crippen molar-refractivity contribution in [3.63, 3.8) is 0 Å². The molecule has 0 aromatic carbocycles. The number of ether oxygens (including phenoxy) is 2. The summed E-state index contributed by atoms with van der Waals surface area (Å²) in [4.78, 5) is 23.7. The quantitative estimate of drug-likeness (QED) is 0.459. The van der Waals surface area contributed by atoms with E-state index in [0.717, 1.165) is 32.0 Å². The van der Waals surface area contributed by atoms with Crippen molar-refractivity contribution in [3.05, 3.63) is 54.1 Å². The first-order chi connectivity index (χ1) is 18.0. The van der Waals surface area contributed by atoms with E-state index in [9.17, 15) is 23.1 Å². The maximum Gasteiger partial charge on any atom is 0.417 e. The lowest BCUT2D eigenvalue weighted by Gasteiger charge is -2.30. The monoisotopic (exact) mass is 533 g/mol. The maximum atomic E-state index is 13.2. The van der Waals surface area contributed by atoms with Crippen LogP contribution in [0, 0.1) is 5.92 Å². The zero-order valence-electron chi connectivity index (χ0n) is 21.1. The van der Waals surface area contributed by atoms with Gasteiger partial charge < -0.3 is 24.5 Å². The lowest BCUT2D eigenvalue weighted by Crippen LogP contribution is -2.45. The Balaban J connectivity index is 1.33. The van der Waals surface area contributed by atoms with Crippen LogP contribution in [0.3, 0.4) is 0 Å². The largest absolute Gasteiger partial charge is 0.417 e. The van der Waals surface area contributed by atoms with E-state index in [4.69, 9.17) is 9.47 Å². The summed E-state index contributed by atoms with van der Waals surface area (Å²) >= 11 is 0. The summed E-state index contributed by atoms with van der Waals surface area (Å²) in [6.45, 7) is 6.95. The molecule has 204 valence electrons. The number of pyridine rings is 2. The molecule has 2 aliphatic rings. The topological polar surface area (TPSA) is 102 Å². The summed E-state index contributed by atoms with van der Waals surface area (Å²) in [5, 5.41) is 13.9. The minimum Gasteiger partial charge on any atom is -0.388 e. The number of nitrogens with zero attached hydrogens (tertiary/aromatic N) is 4. The third kappa shape index (κ3) is 5.98. The predicted octanol–water partition coefficient (Wildman–Crippen LogP) is 2.66. The van der Waals surface area contributed by atoms with Gasteiger partial charge >= 0.3 is 6.18 Å². The zero-order chi connectivity index (χ0) is 27.1. The molecule has 0 radical (unpaired) electrons. The van der Waals surface area contributed by atoms with Crippen LogP contribution in [0.25, 0.3) is 16.7 Å². The number of likely N-dealkylation sites (tertiary alicyclic amines) is 1. The Kier molecular flexibility index (Phi) is 7.16. The Morgan fingerprint density at radius 3 is 2.61 bits per heavy atom. The molecular weight excluding hydrogens is 503 g/mol. The first-order valence-electron chi connectivity index (χ1n) is 12.4. The van der Waals surface area contributed by atoms with Crippen LogP contribution in [-0.2, 0) is 15.7 Å². The van der Waals surface area contributed by atoms with E-state index >= 15 is 0 Å². The Bertz CT molecular complexity index is 1280. The Morgan fingerprint density at radius 2 is 1.97 bits per heavy atom. The third-order valence-corrected chi connectivity index (χ3v) is 6.66. The van der Waals surface area contributed by atoms with Gasteiger partial charge in [-0.2, -0.15) is 13.2 Å². The molecule has 5 rings (SSSR count). The van der Waals surface area contributed by atoms with Gasteiger partial charge in [-0.1, -0.05) is 0 Å². The molecular formula is C26H30F3N5O4. The van der Waals surface area contributed by atoms with E-state index in [1.165, 1.54) is 6.07 Å². The van der Waals surface area contributed by atoms with Gasteiger partial charge in [-0.3, -0.25) is 14.7 Å². The number of hydrogen-bond acceptors (Lipinski definition) is 7. The molecule has 0 saturated carbocycles. The SMILES string of the molecule is CC(C)(O)CO[C@@H]1CN(CC2COC2)C[C@H]1NC(=O)c1cc2c(ccn2-c2ccc(C(F)(F)F)cn2)cn1. The lowest BCUT2D eigenvalue weighted by molar-refractivity contribution is -0.137. The first-order valence-corrected chi connectivity index (χ1v) is 12.4. The van der Waals surface area contributed by atoms with Gasteiger partial charge in [-0.15, -0.1) is 0 Å². The molecule has 9 nitrogen and oxygen atoms in total. The van der Waals surface area contributed by atoms with Crippen molar-refractivity contribution >= 4 is 16.8 Å². The minimum absolute atomic E-state index is 0.127. The van der Waals surface area contributed by atoms with Gasteiger partial charge in [0, 0.05) is 49.5 Å². The number of aliphatic hydroxyl groups is 1. The number of alkyl halides is 3. The van der Waals surface area contributed by atoms with E-state index < -0.39 is 23.2 Å². The molecule has 38 heavy (non-hydrogen) atoms. The first kappa shape index (κ1) is 26.5. The molecule has 0 spiro atoms. The van der Waals surface area contributed by atoms with Crippen LogP contribution in [0.4, 0.5) is 13.2 Å². The summed E-state index contributed by atoms with van der Waals surface area (Å²) in [5.41, 5.74) is -1.09. The highest BCUT2D eigenvalue weighted by Gasteiger charge is 2.37. The van der Waals surface area contributed by atoms with E-state index in [1.54, 1.807) is 42.9 Å². The molecule has 2 saturated heterocycles. The summed E-state index contributed by atoms with van der Waals surface area (Å²) in [6, 6.07) is 5.29. The van der Waals surface area contributed by atoms with Crippen LogP contribution in [0.1, 0.15) is 29.9 Å². The summed E-state index contributed by atoms with van der Waals surface area (Å²) in [6.07, 6.45) is -0.787. The average molecular weight is 534 g/mol. The van der Waals surface area contributed by atoms with Crippen LogP contribution in [0.15, 0.2) is 42.9 Å². The molecule has 2 aliphatic heterocycles. The average Bonchev–Trinajstić information content (AvgIpc) is 3.42. The maximum absolute atomic E-state index is 13.2. The van der Waals surface area contributed by atoms with Crippen molar-refractivity contribution in [3.8, 4) is 5.82 Å². The molecule has 2 fully saturated rings. The number of fused-ring (bicyclic) bond motifs is 1. The smallest absolute Gasteiger partial charge is 0.388 e. The second-order valence-corrected chi connectivity index (χ2v) is 10.6. The molecule has 3 aromatic rings. The van der Waals surface area contributed by atoms with Gasteiger partial charge in [-0.25, -0.2) is 4.98 Å². The standard InChI is InChI=1S/C26H30F3N5O4/c1-25(2,36)15-38-22-12-33(10-16-13-37-14-16)11-20(22)32-24(35)19-7-21-17(8-30-19)5-6-34(21)23-4-3-18(9-31-23)26(27,28)29/h3-9,16,20,22,36H,10-15H2,1-2H3,(H,32,35)/t20-,22-/m1/s1. The fourth-order valence-corrected chi connectivity index (χ4v) is 4.66. The van der Waals surface area contributed by atoms with E-state index in [1.807, 2.05) is 0 Å². The fourth-order valence-electron chi connectivity index (χ4n) is 4.66. The molecule has 0 unspecified atom stereocenters. The summed E-state index contributed by atoms with van der Waals surface area (Å²) < 4.78 is 51.7. The molecule has 0 bridgehead atoms. The zero-order valence-corrected chi connectivity index (χ0v) is 21.1. The van der Waals surface area contributed by atoms with Crippen molar-refractivity contribution in [2.24, 2.45) is 5.92 Å². The van der Waals surface area contributed by atoms with Crippen LogP contribution in [0.2, 0.25) is 0 Å². The van der Waals surface area contributed by atoms with Gasteiger partial charge in [0.2, 0.25) is 0 Å². The third-order valence-electron chi connectivity index (χ3n) is 6.66. The van der Waals surface area contributed by atoms with Crippen LogP contribution in [0.5, 0.6) is 0 Å². The molecule has 1 amide bonds. The Hall–Kier alpha value is -3.06. The van der Waals surface area contributed by atoms with Gasteiger partial charge in [0.1, 0.15) is 11.5 Å². The number of carbonyl (C=O) groups excluding carboxylic acids is 1. The number of halogens is 3. The number of hydrogen-bond donors (Lipinski definition) is 2. The van der Waals surface area contributed by atoms with E-state index in [2.05, 4.69) is 20.2 Å². The highest BCUT2D eigenvalue weighted by Crippen LogP contribution is 2.29. The van der Waals surface area contributed by atoms with Crippen molar-refractivity contribution in [1.29, 1.82) is 0 Å². The number of amides is 1. The number of rotatable bonds is 8. The second-order valence-electron chi connectivity index (χ2n) is 10.6. The predicted molar refractivity (Wildman–Crippen MR) is 132 cm³/mol. The molecule has 3 aromatic heterocycles. The number of nitrogens with one attached hydrogen (secondary N) is 1. The lowest BCUT2D eigenvalue weighted by atomic mass is 10.1. The number of aromatic nitrogens is 3. The highest BCUT2D eigenvalue weighted by molar-refractivity contribution is 5.96. The van der Waals surface area contributed by atoms with Crippen molar-refractivity contribution in [2.75, 3.05) is 39.5 Å². The fraction of sp³-hybridized carbons (Fsp3) is 0.500. The van der Waals surface area contributed by atoms with Crippen molar-refractivity contribution < 1.29 is 32.5 Å². The van der Waals surface area contributed by atoms with Gasteiger partial charge in [0.15, 0.2) is 0 Å². The van der Waals surface area contributed by atoms with Crippen molar-refractivity contribution in [1.82, 2.24) is 24.8 Å². The molecule has 12 heteroatoms. The molecule has 2 N–H and O–H groups in total. The Labute approximate surface area is 217 Å². The van der Waals surface area contributed by atoms with Crippen LogP contribution >= 0.6 is 0 Å². The molecule has 5 heterocycles. The van der Waals surface area contributed by atoms with Gasteiger partial charge in [0.25, 0.3) is 5.91 Å². The molecule has 2 atom stereocenters. The van der Waals surface area contributed by atoms with E-state index in [-0.39, 0.29) is 30.3 Å². The molecule has 0 aliphatic carbocycles. The van der Waals surface area contributed by atoms with Crippen molar-refractivity contribution in [2.45, 2.75) is 37.8 Å². The normalized spacial score (nSPS) is 21.1. The van der Waals surface area contributed by atoms with Gasteiger partial charge in [0.05, 0.1) is 48.6 Å². The van der Waals surface area contributed by atoms with Crippen LogP contribution < -0.4 is 5.32 Å². The number of carbonyl (C=O) groups is 1. The van der Waals surface area contributed by atoms with Gasteiger partial charge in [-0.05, 0) is 38.1 Å². The van der Waals surface area contributed by atoms with E-state index in [0.29, 0.717) is 29.9 Å². The Morgan fingerprint density at radius 1 is 1.18 bits per heavy atom.